The maximum atomic E-state index is 12.7. The molecule has 0 bridgehead atoms. The van der Waals surface area contributed by atoms with Crippen LogP contribution in [0.4, 0.5) is 0 Å². The van der Waals surface area contributed by atoms with E-state index in [1.165, 1.54) is 13.2 Å². The lowest BCUT2D eigenvalue weighted by Gasteiger charge is -2.14. The zero-order valence-electron chi connectivity index (χ0n) is 13.9. The number of nitrogens with one attached hydrogen (secondary N) is 2. The quantitative estimate of drug-likeness (QED) is 0.754. The van der Waals surface area contributed by atoms with Crippen LogP contribution in [0.3, 0.4) is 0 Å². The van der Waals surface area contributed by atoms with Crippen LogP contribution in [0.25, 0.3) is 0 Å². The van der Waals surface area contributed by atoms with Crippen LogP contribution in [0.5, 0.6) is 0 Å². The molecule has 1 aliphatic rings. The molecule has 134 valence electrons. The Hall–Kier alpha value is -2.16. The summed E-state index contributed by atoms with van der Waals surface area (Å²) < 4.78 is 33.1. The van der Waals surface area contributed by atoms with Gasteiger partial charge in [-0.15, -0.1) is 0 Å². The van der Waals surface area contributed by atoms with Gasteiger partial charge >= 0.3 is 16.2 Å². The lowest BCUT2D eigenvalue weighted by Crippen LogP contribution is -2.29. The van der Waals surface area contributed by atoms with Gasteiger partial charge in [-0.2, -0.15) is 8.42 Å². The third kappa shape index (κ3) is 3.76. The standard InChI is InChI=1S/C17H21N3O4S/c1-18-25(22,23)20-10-8-15(14-7-9-19-11-14)16(20)17(21)24-12-13-5-3-2-4-6-13/h2-6,8,10,14,18-19H,7,9,11-12H2,1H3. The van der Waals surface area contributed by atoms with Gasteiger partial charge in [0.15, 0.2) is 0 Å². The van der Waals surface area contributed by atoms with Gasteiger partial charge in [-0.3, -0.25) is 0 Å². The molecule has 8 heteroatoms. The Kier molecular flexibility index (Phi) is 5.22. The fourth-order valence-electron chi connectivity index (χ4n) is 2.98. The van der Waals surface area contributed by atoms with Gasteiger partial charge < -0.3 is 10.1 Å². The van der Waals surface area contributed by atoms with E-state index in [1.807, 2.05) is 30.3 Å². The number of hydrogen-bond donors (Lipinski definition) is 2. The van der Waals surface area contributed by atoms with E-state index in [0.29, 0.717) is 12.1 Å². The summed E-state index contributed by atoms with van der Waals surface area (Å²) in [6.07, 6.45) is 2.25. The average molecular weight is 363 g/mol. The summed E-state index contributed by atoms with van der Waals surface area (Å²) >= 11 is 0. The molecule has 2 heterocycles. The molecule has 1 fully saturated rings. The van der Waals surface area contributed by atoms with Crippen LogP contribution >= 0.6 is 0 Å². The molecule has 7 nitrogen and oxygen atoms in total. The Morgan fingerprint density at radius 1 is 1.32 bits per heavy atom. The zero-order chi connectivity index (χ0) is 17.9. The van der Waals surface area contributed by atoms with Gasteiger partial charge in [0.1, 0.15) is 12.3 Å². The minimum absolute atomic E-state index is 0.0685. The number of rotatable bonds is 6. The zero-order valence-corrected chi connectivity index (χ0v) is 14.8. The molecule has 1 aromatic carbocycles. The number of carbonyl (C=O) groups is 1. The van der Waals surface area contributed by atoms with Crippen molar-refractivity contribution >= 4 is 16.2 Å². The highest BCUT2D eigenvalue weighted by Crippen LogP contribution is 2.28. The number of esters is 1. The van der Waals surface area contributed by atoms with Crippen molar-refractivity contribution in [3.63, 3.8) is 0 Å². The molecule has 0 amide bonds. The number of hydrogen-bond acceptors (Lipinski definition) is 5. The van der Waals surface area contributed by atoms with Crippen LogP contribution in [-0.4, -0.2) is 38.5 Å². The fraction of sp³-hybridized carbons (Fsp3) is 0.353. The van der Waals surface area contributed by atoms with E-state index in [4.69, 9.17) is 4.74 Å². The maximum absolute atomic E-state index is 12.7. The topological polar surface area (TPSA) is 89.4 Å². The number of aromatic nitrogens is 1. The summed E-state index contributed by atoms with van der Waals surface area (Å²) in [6.45, 7) is 1.64. The maximum Gasteiger partial charge on any atom is 0.356 e. The Morgan fingerprint density at radius 2 is 2.08 bits per heavy atom. The van der Waals surface area contributed by atoms with Crippen molar-refractivity contribution in [2.24, 2.45) is 0 Å². The third-order valence-electron chi connectivity index (χ3n) is 4.31. The molecule has 1 aromatic heterocycles. The summed E-state index contributed by atoms with van der Waals surface area (Å²) in [7, 11) is -2.51. The van der Waals surface area contributed by atoms with Crippen LogP contribution in [0.15, 0.2) is 42.6 Å². The number of carbonyl (C=O) groups excluding carboxylic acids is 1. The van der Waals surface area contributed by atoms with E-state index >= 15 is 0 Å². The van der Waals surface area contributed by atoms with E-state index in [2.05, 4.69) is 10.0 Å². The molecule has 25 heavy (non-hydrogen) atoms. The molecule has 3 rings (SSSR count). The molecule has 2 aromatic rings. The second-order valence-corrected chi connectivity index (χ2v) is 7.63. The molecular weight excluding hydrogens is 342 g/mol. The smallest absolute Gasteiger partial charge is 0.356 e. The highest BCUT2D eigenvalue weighted by molar-refractivity contribution is 7.88. The van der Waals surface area contributed by atoms with Gasteiger partial charge in [-0.05, 0) is 36.1 Å². The molecular formula is C17H21N3O4S. The predicted molar refractivity (Wildman–Crippen MR) is 93.6 cm³/mol. The first kappa shape index (κ1) is 17.7. The molecule has 0 aliphatic carbocycles. The van der Waals surface area contributed by atoms with Crippen molar-refractivity contribution in [2.75, 3.05) is 20.1 Å². The summed E-state index contributed by atoms with van der Waals surface area (Å²) in [5.41, 5.74) is 1.61. The summed E-state index contributed by atoms with van der Waals surface area (Å²) in [5.74, 6) is -0.554. The largest absolute Gasteiger partial charge is 0.456 e. The van der Waals surface area contributed by atoms with Crippen molar-refractivity contribution in [3.05, 3.63) is 59.4 Å². The molecule has 1 atom stereocenters. The van der Waals surface area contributed by atoms with Gasteiger partial charge in [-0.1, -0.05) is 30.3 Å². The fourth-order valence-corrected chi connectivity index (χ4v) is 3.81. The Morgan fingerprint density at radius 3 is 2.72 bits per heavy atom. The lowest BCUT2D eigenvalue weighted by atomic mass is 9.99. The van der Waals surface area contributed by atoms with E-state index in [-0.39, 0.29) is 18.2 Å². The Labute approximate surface area is 147 Å². The molecule has 1 unspecified atom stereocenters. The van der Waals surface area contributed by atoms with E-state index < -0.39 is 16.2 Å². The number of ether oxygens (including phenoxy) is 1. The normalized spacial score (nSPS) is 17.6. The monoisotopic (exact) mass is 363 g/mol. The van der Waals surface area contributed by atoms with Crippen molar-refractivity contribution < 1.29 is 17.9 Å². The van der Waals surface area contributed by atoms with Crippen LogP contribution < -0.4 is 10.0 Å². The van der Waals surface area contributed by atoms with Crippen molar-refractivity contribution in [1.82, 2.24) is 14.0 Å². The summed E-state index contributed by atoms with van der Waals surface area (Å²) in [5, 5.41) is 3.23. The first-order valence-electron chi connectivity index (χ1n) is 8.10. The van der Waals surface area contributed by atoms with Gasteiger partial charge in [0, 0.05) is 19.8 Å². The van der Waals surface area contributed by atoms with Gasteiger partial charge in [0.05, 0.1) is 0 Å². The summed E-state index contributed by atoms with van der Waals surface area (Å²) in [6, 6.07) is 11.0. The van der Waals surface area contributed by atoms with Crippen molar-refractivity contribution in [1.29, 1.82) is 0 Å². The summed E-state index contributed by atoms with van der Waals surface area (Å²) in [4.78, 5) is 12.7. The predicted octanol–water partition coefficient (Wildman–Crippen LogP) is 1.23. The van der Waals surface area contributed by atoms with Crippen LogP contribution in [0.1, 0.15) is 34.0 Å². The van der Waals surface area contributed by atoms with Crippen LogP contribution in [0, 0.1) is 0 Å². The highest BCUT2D eigenvalue weighted by atomic mass is 32.2. The Balaban J connectivity index is 1.91. The minimum atomic E-state index is -3.82. The van der Waals surface area contributed by atoms with Crippen LogP contribution in [0.2, 0.25) is 0 Å². The highest BCUT2D eigenvalue weighted by Gasteiger charge is 2.30. The van der Waals surface area contributed by atoms with E-state index in [0.717, 1.165) is 22.5 Å². The van der Waals surface area contributed by atoms with Crippen molar-refractivity contribution in [3.8, 4) is 0 Å². The second kappa shape index (κ2) is 7.38. The van der Waals surface area contributed by atoms with E-state index in [9.17, 15) is 13.2 Å². The Bertz CT molecular complexity index is 840. The van der Waals surface area contributed by atoms with Gasteiger partial charge in [0.2, 0.25) is 0 Å². The molecule has 0 saturated carbocycles. The molecule has 1 saturated heterocycles. The molecule has 1 aliphatic heterocycles. The van der Waals surface area contributed by atoms with Crippen molar-refractivity contribution in [2.45, 2.75) is 18.9 Å². The van der Waals surface area contributed by atoms with Gasteiger partial charge in [0.25, 0.3) is 0 Å². The second-order valence-electron chi connectivity index (χ2n) is 5.88. The van der Waals surface area contributed by atoms with Crippen LogP contribution in [-0.2, 0) is 21.6 Å². The number of benzene rings is 1. The SMILES string of the molecule is CNS(=O)(=O)n1ccc(C2CCNC2)c1C(=O)OCc1ccccc1. The van der Waals surface area contributed by atoms with E-state index in [1.54, 1.807) is 6.07 Å². The molecule has 0 spiro atoms. The molecule has 0 radical (unpaired) electrons. The third-order valence-corrected chi connectivity index (χ3v) is 5.64. The first-order valence-corrected chi connectivity index (χ1v) is 9.54. The molecule has 2 N–H and O–H groups in total. The average Bonchev–Trinajstić information content (AvgIpc) is 3.29. The minimum Gasteiger partial charge on any atom is -0.456 e. The first-order chi connectivity index (χ1) is 12.0. The van der Waals surface area contributed by atoms with Gasteiger partial charge in [-0.25, -0.2) is 13.5 Å². The lowest BCUT2D eigenvalue weighted by molar-refractivity contribution is 0.0462. The number of nitrogens with zero attached hydrogens (tertiary/aromatic N) is 1.